The number of carbonyl (C=O) groups excluding carboxylic acids is 1. The van der Waals surface area contributed by atoms with Gasteiger partial charge in [0.15, 0.2) is 0 Å². The molecule has 0 aliphatic carbocycles. The van der Waals surface area contributed by atoms with Crippen LogP contribution in [-0.2, 0) is 0 Å². The number of hydrogen-bond acceptors (Lipinski definition) is 3. The highest BCUT2D eigenvalue weighted by Gasteiger charge is 2.05. The van der Waals surface area contributed by atoms with E-state index in [1.165, 1.54) is 0 Å². The summed E-state index contributed by atoms with van der Waals surface area (Å²) in [5.74, 6) is -0.168. The highest BCUT2D eigenvalue weighted by Crippen LogP contribution is 2.15. The van der Waals surface area contributed by atoms with Crippen LogP contribution in [-0.4, -0.2) is 10.9 Å². The van der Waals surface area contributed by atoms with Crippen LogP contribution in [0.15, 0.2) is 52.1 Å². The molecular formula is C12H9BrN2OS. The Morgan fingerprint density at radius 1 is 1.24 bits per heavy atom. The third kappa shape index (κ3) is 3.31. The minimum Gasteiger partial charge on any atom is -0.321 e. The molecule has 0 radical (unpaired) electrons. The average Bonchev–Trinajstić information content (AvgIpc) is 2.29. The van der Waals surface area contributed by atoms with Gasteiger partial charge in [0, 0.05) is 21.1 Å². The molecule has 0 unspecified atom stereocenters. The minimum absolute atomic E-state index is 0.168. The van der Waals surface area contributed by atoms with Gasteiger partial charge in [-0.2, -0.15) is 0 Å². The van der Waals surface area contributed by atoms with E-state index in [0.29, 0.717) is 11.3 Å². The third-order valence-electron chi connectivity index (χ3n) is 2.09. The molecular weight excluding hydrogens is 300 g/mol. The van der Waals surface area contributed by atoms with Crippen LogP contribution in [0.1, 0.15) is 10.4 Å². The van der Waals surface area contributed by atoms with E-state index < -0.39 is 0 Å². The summed E-state index contributed by atoms with van der Waals surface area (Å²) >= 11 is 7.46. The lowest BCUT2D eigenvalue weighted by atomic mass is 10.2. The molecule has 17 heavy (non-hydrogen) atoms. The van der Waals surface area contributed by atoms with Gasteiger partial charge in [-0.15, -0.1) is 12.6 Å². The smallest absolute Gasteiger partial charge is 0.255 e. The van der Waals surface area contributed by atoms with E-state index in [4.69, 9.17) is 0 Å². The fourth-order valence-electron chi connectivity index (χ4n) is 1.30. The molecule has 1 amide bonds. The van der Waals surface area contributed by atoms with Gasteiger partial charge < -0.3 is 5.32 Å². The highest BCUT2D eigenvalue weighted by molar-refractivity contribution is 9.10. The van der Waals surface area contributed by atoms with E-state index >= 15 is 0 Å². The Balaban J connectivity index is 2.14. The summed E-state index contributed by atoms with van der Waals surface area (Å²) in [6.07, 6.45) is 3.25. The fraction of sp³-hybridized carbons (Fsp3) is 0. The number of aromatic nitrogens is 1. The maximum absolute atomic E-state index is 11.9. The number of halogens is 1. The Morgan fingerprint density at radius 3 is 2.59 bits per heavy atom. The Kier molecular flexibility index (Phi) is 3.81. The van der Waals surface area contributed by atoms with Crippen molar-refractivity contribution in [1.82, 2.24) is 4.98 Å². The molecule has 86 valence electrons. The van der Waals surface area contributed by atoms with Crippen molar-refractivity contribution >= 4 is 40.2 Å². The Labute approximate surface area is 113 Å². The quantitative estimate of drug-likeness (QED) is 0.835. The molecule has 1 aromatic heterocycles. The second-order valence-corrected chi connectivity index (χ2v) is 4.82. The molecule has 2 rings (SSSR count). The maximum Gasteiger partial charge on any atom is 0.255 e. The summed E-state index contributed by atoms with van der Waals surface area (Å²) in [4.78, 5) is 16.7. The maximum atomic E-state index is 11.9. The average molecular weight is 309 g/mol. The van der Waals surface area contributed by atoms with E-state index in [9.17, 15) is 4.79 Å². The van der Waals surface area contributed by atoms with Gasteiger partial charge in [0.25, 0.3) is 5.91 Å². The number of hydrogen-bond donors (Lipinski definition) is 2. The molecule has 2 aromatic rings. The monoisotopic (exact) mass is 308 g/mol. The van der Waals surface area contributed by atoms with Gasteiger partial charge in [0.1, 0.15) is 0 Å². The van der Waals surface area contributed by atoms with E-state index in [1.807, 2.05) is 0 Å². The molecule has 1 aromatic carbocycles. The zero-order valence-electron chi connectivity index (χ0n) is 8.72. The van der Waals surface area contributed by atoms with Crippen molar-refractivity contribution in [1.29, 1.82) is 0 Å². The number of rotatable bonds is 2. The molecule has 0 saturated heterocycles. The van der Waals surface area contributed by atoms with Gasteiger partial charge in [-0.05, 0) is 46.3 Å². The van der Waals surface area contributed by atoms with Crippen molar-refractivity contribution in [2.24, 2.45) is 0 Å². The van der Waals surface area contributed by atoms with Crippen molar-refractivity contribution < 1.29 is 4.79 Å². The molecule has 0 aliphatic rings. The second kappa shape index (κ2) is 5.33. The molecule has 5 heteroatoms. The van der Waals surface area contributed by atoms with E-state index in [0.717, 1.165) is 9.37 Å². The summed E-state index contributed by atoms with van der Waals surface area (Å²) in [6, 6.07) is 8.79. The molecule has 1 heterocycles. The Morgan fingerprint density at radius 2 is 1.94 bits per heavy atom. The van der Waals surface area contributed by atoms with Gasteiger partial charge in [0.05, 0.1) is 11.9 Å². The first-order valence-corrected chi connectivity index (χ1v) is 6.10. The summed E-state index contributed by atoms with van der Waals surface area (Å²) in [5.41, 5.74) is 1.24. The van der Waals surface area contributed by atoms with Crippen LogP contribution in [0.2, 0.25) is 0 Å². The SMILES string of the molecule is O=C(Nc1cncc(Br)c1)c1ccc(S)cc1. The summed E-state index contributed by atoms with van der Waals surface area (Å²) in [7, 11) is 0. The first kappa shape index (κ1) is 12.1. The van der Waals surface area contributed by atoms with Crippen molar-refractivity contribution in [3.05, 3.63) is 52.8 Å². The molecule has 0 spiro atoms. The Hall–Kier alpha value is -1.33. The van der Waals surface area contributed by atoms with Gasteiger partial charge in [-0.1, -0.05) is 0 Å². The number of thiol groups is 1. The van der Waals surface area contributed by atoms with Crippen molar-refractivity contribution in [3.63, 3.8) is 0 Å². The predicted octanol–water partition coefficient (Wildman–Crippen LogP) is 3.39. The summed E-state index contributed by atoms with van der Waals surface area (Å²) in [6.45, 7) is 0. The number of anilines is 1. The van der Waals surface area contributed by atoms with Crippen LogP contribution in [0.3, 0.4) is 0 Å². The molecule has 0 saturated carbocycles. The summed E-state index contributed by atoms with van der Waals surface area (Å²) in [5, 5.41) is 2.76. The van der Waals surface area contributed by atoms with E-state index in [-0.39, 0.29) is 5.91 Å². The lowest BCUT2D eigenvalue weighted by Gasteiger charge is -2.05. The molecule has 0 atom stereocenters. The van der Waals surface area contributed by atoms with Crippen LogP contribution >= 0.6 is 28.6 Å². The fourth-order valence-corrected chi connectivity index (χ4v) is 1.81. The van der Waals surface area contributed by atoms with Gasteiger partial charge in [-0.25, -0.2) is 0 Å². The molecule has 3 nitrogen and oxygen atoms in total. The second-order valence-electron chi connectivity index (χ2n) is 3.39. The zero-order valence-corrected chi connectivity index (χ0v) is 11.2. The highest BCUT2D eigenvalue weighted by atomic mass is 79.9. The first-order valence-electron chi connectivity index (χ1n) is 4.86. The lowest BCUT2D eigenvalue weighted by molar-refractivity contribution is 0.102. The van der Waals surface area contributed by atoms with Gasteiger partial charge in [0.2, 0.25) is 0 Å². The van der Waals surface area contributed by atoms with Crippen LogP contribution in [0.25, 0.3) is 0 Å². The van der Waals surface area contributed by atoms with Crippen LogP contribution in [0, 0.1) is 0 Å². The normalized spacial score (nSPS) is 10.0. The number of amides is 1. The standard InChI is InChI=1S/C12H9BrN2OS/c13-9-5-10(7-14-6-9)15-12(16)8-1-3-11(17)4-2-8/h1-7,17H,(H,15,16). The zero-order chi connectivity index (χ0) is 12.3. The number of carbonyl (C=O) groups is 1. The van der Waals surface area contributed by atoms with Gasteiger partial charge >= 0.3 is 0 Å². The molecule has 0 bridgehead atoms. The lowest BCUT2D eigenvalue weighted by Crippen LogP contribution is -2.11. The van der Waals surface area contributed by atoms with Crippen molar-refractivity contribution in [2.45, 2.75) is 4.90 Å². The van der Waals surface area contributed by atoms with Crippen molar-refractivity contribution in [3.8, 4) is 0 Å². The first-order chi connectivity index (χ1) is 8.15. The van der Waals surface area contributed by atoms with E-state index in [1.54, 1.807) is 42.7 Å². The minimum atomic E-state index is -0.168. The number of pyridine rings is 1. The van der Waals surface area contributed by atoms with Crippen LogP contribution in [0.4, 0.5) is 5.69 Å². The Bertz CT molecular complexity index is 542. The molecule has 0 fully saturated rings. The number of nitrogens with zero attached hydrogens (tertiary/aromatic N) is 1. The molecule has 1 N–H and O–H groups in total. The topological polar surface area (TPSA) is 42.0 Å². The largest absolute Gasteiger partial charge is 0.321 e. The van der Waals surface area contributed by atoms with E-state index in [2.05, 4.69) is 38.9 Å². The number of nitrogens with one attached hydrogen (secondary N) is 1. The van der Waals surface area contributed by atoms with Crippen LogP contribution in [0.5, 0.6) is 0 Å². The predicted molar refractivity (Wildman–Crippen MR) is 73.6 cm³/mol. The number of benzene rings is 1. The molecule has 0 aliphatic heterocycles. The van der Waals surface area contributed by atoms with Crippen molar-refractivity contribution in [2.75, 3.05) is 5.32 Å². The summed E-state index contributed by atoms with van der Waals surface area (Å²) < 4.78 is 0.820. The third-order valence-corrected chi connectivity index (χ3v) is 2.82. The van der Waals surface area contributed by atoms with Crippen LogP contribution < -0.4 is 5.32 Å². The van der Waals surface area contributed by atoms with Gasteiger partial charge in [-0.3, -0.25) is 9.78 Å².